The van der Waals surface area contributed by atoms with Gasteiger partial charge in [0.2, 0.25) is 5.91 Å². The van der Waals surface area contributed by atoms with Crippen molar-refractivity contribution >= 4 is 29.2 Å². The van der Waals surface area contributed by atoms with Gasteiger partial charge >= 0.3 is 12.1 Å². The molecule has 0 bridgehead atoms. The van der Waals surface area contributed by atoms with Gasteiger partial charge in [0.25, 0.3) is 0 Å². The first-order chi connectivity index (χ1) is 10.7. The number of alkyl halides is 3. The lowest BCUT2D eigenvalue weighted by molar-refractivity contribution is -0.164. The number of carbonyl (C=O) groups excluding carboxylic acids is 2. The summed E-state index contributed by atoms with van der Waals surface area (Å²) in [7, 11) is 1.38. The average molecular weight is 348 g/mol. The first-order valence-corrected chi connectivity index (χ1v) is 7.36. The molecule has 3 atom stereocenters. The van der Waals surface area contributed by atoms with Gasteiger partial charge in [0, 0.05) is 17.8 Å². The highest BCUT2D eigenvalue weighted by atomic mass is 35.5. The second kappa shape index (κ2) is 4.87. The maximum atomic E-state index is 13.5. The summed E-state index contributed by atoms with van der Waals surface area (Å²) in [4.78, 5) is 25.8. The van der Waals surface area contributed by atoms with Crippen molar-refractivity contribution in [2.75, 3.05) is 18.6 Å². The van der Waals surface area contributed by atoms with Crippen molar-refractivity contribution in [1.82, 2.24) is 0 Å². The summed E-state index contributed by atoms with van der Waals surface area (Å²) in [6.45, 7) is 1.46. The van der Waals surface area contributed by atoms with Crippen LogP contribution in [0.2, 0.25) is 5.02 Å². The number of hydrogen-bond donors (Lipinski definition) is 0. The summed E-state index contributed by atoms with van der Waals surface area (Å²) in [5, 5.41) is 0.303. The van der Waals surface area contributed by atoms with Gasteiger partial charge in [-0.1, -0.05) is 17.7 Å². The molecule has 1 amide bonds. The van der Waals surface area contributed by atoms with Gasteiger partial charge in [-0.25, -0.2) is 0 Å². The van der Waals surface area contributed by atoms with Crippen LogP contribution in [0.3, 0.4) is 0 Å². The number of carbonyl (C=O) groups is 2. The Morgan fingerprint density at radius 1 is 1.43 bits per heavy atom. The molecule has 1 aliphatic heterocycles. The number of benzene rings is 1. The molecule has 3 unspecified atom stereocenters. The molecular formula is C15H13ClF3NO3. The van der Waals surface area contributed by atoms with E-state index in [-0.39, 0.29) is 12.2 Å². The van der Waals surface area contributed by atoms with E-state index in [2.05, 4.69) is 0 Å². The Hall–Kier alpha value is -1.76. The van der Waals surface area contributed by atoms with Crippen molar-refractivity contribution in [1.29, 1.82) is 0 Å². The maximum absolute atomic E-state index is 13.5. The van der Waals surface area contributed by atoms with Crippen LogP contribution in [0.1, 0.15) is 12.5 Å². The fraction of sp³-hybridized carbons (Fsp3) is 0.467. The lowest BCUT2D eigenvalue weighted by Crippen LogP contribution is -2.33. The minimum Gasteiger partial charge on any atom is -0.466 e. The zero-order chi connectivity index (χ0) is 17.2. The fourth-order valence-corrected chi connectivity index (χ4v) is 3.79. The van der Waals surface area contributed by atoms with E-state index in [1.807, 2.05) is 0 Å². The van der Waals surface area contributed by atoms with Gasteiger partial charge in [0.05, 0.1) is 18.4 Å². The van der Waals surface area contributed by atoms with Gasteiger partial charge in [-0.2, -0.15) is 13.2 Å². The number of esters is 1. The van der Waals surface area contributed by atoms with Crippen LogP contribution in [0.5, 0.6) is 0 Å². The normalized spacial score (nSPS) is 29.0. The average Bonchev–Trinajstić information content (AvgIpc) is 3.12. The van der Waals surface area contributed by atoms with Crippen LogP contribution in [-0.4, -0.2) is 31.7 Å². The first-order valence-electron chi connectivity index (χ1n) is 6.98. The van der Waals surface area contributed by atoms with Crippen LogP contribution in [-0.2, 0) is 19.7 Å². The van der Waals surface area contributed by atoms with Gasteiger partial charge in [-0.3, -0.25) is 9.59 Å². The second-order valence-electron chi connectivity index (χ2n) is 5.64. The summed E-state index contributed by atoms with van der Waals surface area (Å²) in [6.07, 6.45) is -4.69. The van der Waals surface area contributed by atoms with Crippen LogP contribution in [0.15, 0.2) is 18.2 Å². The summed E-state index contributed by atoms with van der Waals surface area (Å²) in [5.74, 6) is -5.39. The van der Waals surface area contributed by atoms with Crippen LogP contribution in [0.25, 0.3) is 0 Å². The fourth-order valence-electron chi connectivity index (χ4n) is 3.62. The lowest BCUT2D eigenvalue weighted by Gasteiger charge is -2.12. The molecule has 0 aromatic heterocycles. The quantitative estimate of drug-likeness (QED) is 0.773. The Morgan fingerprint density at radius 3 is 2.65 bits per heavy atom. The van der Waals surface area contributed by atoms with Crippen LogP contribution in [0.4, 0.5) is 18.9 Å². The van der Waals surface area contributed by atoms with Crippen LogP contribution >= 0.6 is 11.6 Å². The van der Waals surface area contributed by atoms with Crippen molar-refractivity contribution in [3.63, 3.8) is 0 Å². The molecule has 1 aromatic carbocycles. The van der Waals surface area contributed by atoms with Crippen LogP contribution < -0.4 is 4.90 Å². The minimum atomic E-state index is -4.69. The number of ether oxygens (including phenoxy) is 1. The first kappa shape index (κ1) is 16.1. The molecule has 23 heavy (non-hydrogen) atoms. The molecule has 2 aliphatic rings. The molecule has 1 heterocycles. The highest BCUT2D eigenvalue weighted by molar-refractivity contribution is 6.31. The van der Waals surface area contributed by atoms with Crippen molar-refractivity contribution in [3.05, 3.63) is 28.8 Å². The van der Waals surface area contributed by atoms with Gasteiger partial charge in [-0.05, 0) is 24.6 Å². The molecule has 8 heteroatoms. The zero-order valence-electron chi connectivity index (χ0n) is 12.3. The number of nitrogens with zero attached hydrogens (tertiary/aromatic N) is 1. The zero-order valence-corrected chi connectivity index (χ0v) is 13.0. The van der Waals surface area contributed by atoms with Crippen molar-refractivity contribution in [2.45, 2.75) is 18.5 Å². The molecule has 1 aliphatic carbocycles. The third-order valence-electron chi connectivity index (χ3n) is 4.52. The molecule has 1 spiro atoms. The molecule has 1 fully saturated rings. The highest BCUT2D eigenvalue weighted by Gasteiger charge is 2.85. The van der Waals surface area contributed by atoms with E-state index in [0.29, 0.717) is 10.7 Å². The SMILES string of the molecule is CCOC(=O)C1C(C(F)(F)F)C12C(=O)N(C)c1cc(Cl)ccc12. The molecule has 3 rings (SSSR count). The van der Waals surface area contributed by atoms with E-state index in [4.69, 9.17) is 16.3 Å². The number of hydrogen-bond acceptors (Lipinski definition) is 3. The van der Waals surface area contributed by atoms with E-state index >= 15 is 0 Å². The Balaban J connectivity index is 2.17. The lowest BCUT2D eigenvalue weighted by atomic mass is 9.93. The molecule has 1 aromatic rings. The number of fused-ring (bicyclic) bond motifs is 2. The Labute approximate surface area is 135 Å². The highest BCUT2D eigenvalue weighted by Crippen LogP contribution is 2.70. The van der Waals surface area contributed by atoms with Crippen LogP contribution in [0, 0.1) is 11.8 Å². The number of anilines is 1. The van der Waals surface area contributed by atoms with Gasteiger partial charge in [0.1, 0.15) is 5.41 Å². The maximum Gasteiger partial charge on any atom is 0.394 e. The predicted octanol–water partition coefficient (Wildman–Crippen LogP) is 2.93. The number of halogens is 4. The molecule has 0 N–H and O–H groups in total. The topological polar surface area (TPSA) is 46.6 Å². The minimum absolute atomic E-state index is 0.0481. The summed E-state index contributed by atoms with van der Waals surface area (Å²) >= 11 is 5.87. The number of likely N-dealkylation sites (N-methyl/N-ethyl adjacent to an activating group) is 1. The number of rotatable bonds is 2. The van der Waals surface area contributed by atoms with Gasteiger partial charge in [-0.15, -0.1) is 0 Å². The molecule has 4 nitrogen and oxygen atoms in total. The molecule has 124 valence electrons. The summed E-state index contributed by atoms with van der Waals surface area (Å²) < 4.78 is 45.1. The third kappa shape index (κ3) is 1.99. The summed E-state index contributed by atoms with van der Waals surface area (Å²) in [5.41, 5.74) is -1.46. The largest absolute Gasteiger partial charge is 0.466 e. The van der Waals surface area contributed by atoms with E-state index in [9.17, 15) is 22.8 Å². The molecular weight excluding hydrogens is 335 g/mol. The van der Waals surface area contributed by atoms with Crippen molar-refractivity contribution < 1.29 is 27.5 Å². The third-order valence-corrected chi connectivity index (χ3v) is 4.76. The van der Waals surface area contributed by atoms with Gasteiger partial charge < -0.3 is 9.64 Å². The number of amides is 1. The van der Waals surface area contributed by atoms with E-state index < -0.39 is 35.3 Å². The Morgan fingerprint density at radius 2 is 2.09 bits per heavy atom. The van der Waals surface area contributed by atoms with Crippen molar-refractivity contribution in [2.24, 2.45) is 11.8 Å². The van der Waals surface area contributed by atoms with E-state index in [1.165, 1.54) is 32.2 Å². The Bertz CT molecular complexity index is 706. The second-order valence-corrected chi connectivity index (χ2v) is 6.08. The predicted molar refractivity (Wildman–Crippen MR) is 76.2 cm³/mol. The smallest absolute Gasteiger partial charge is 0.394 e. The van der Waals surface area contributed by atoms with Crippen molar-refractivity contribution in [3.8, 4) is 0 Å². The van der Waals surface area contributed by atoms with E-state index in [0.717, 1.165) is 4.90 Å². The molecule has 1 saturated carbocycles. The van der Waals surface area contributed by atoms with Gasteiger partial charge in [0.15, 0.2) is 0 Å². The monoisotopic (exact) mass is 347 g/mol. The summed E-state index contributed by atoms with van der Waals surface area (Å²) in [6, 6.07) is 4.23. The molecule has 0 radical (unpaired) electrons. The van der Waals surface area contributed by atoms with E-state index in [1.54, 1.807) is 0 Å². The standard InChI is InChI=1S/C15H13ClF3NO3/c1-3-23-12(21)10-11(15(17,18)19)14(10)8-5-4-7(16)6-9(8)20(2)13(14)22/h4-6,10-11H,3H2,1-2H3. The molecule has 0 saturated heterocycles. The Kier molecular flexibility index (Phi) is 3.41.